The molecule has 0 aromatic heterocycles. The van der Waals surface area contributed by atoms with Crippen LogP contribution in [0.4, 0.5) is 26.3 Å². The molecular weight excluding hydrogens is 1110 g/mol. The molecule has 12 rings (SSSR count). The molecule has 2 saturated carbocycles. The summed E-state index contributed by atoms with van der Waals surface area (Å²) in [5.41, 5.74) is -6.67. The van der Waals surface area contributed by atoms with Crippen molar-refractivity contribution in [3.63, 3.8) is 0 Å². The third-order valence-corrected chi connectivity index (χ3v) is 16.8. The third-order valence-electron chi connectivity index (χ3n) is 16.8. The summed E-state index contributed by atoms with van der Waals surface area (Å²) in [6.07, 6.45) is 5.53. The van der Waals surface area contributed by atoms with Crippen molar-refractivity contribution < 1.29 is 89.1 Å². The van der Waals surface area contributed by atoms with Crippen molar-refractivity contribution in [1.29, 1.82) is 0 Å². The number of likely N-dealkylation sites (tertiary alicyclic amines) is 1. The van der Waals surface area contributed by atoms with Gasteiger partial charge in [0.1, 0.15) is 58.6 Å². The van der Waals surface area contributed by atoms with E-state index in [1.165, 1.54) is 44.3 Å². The normalized spacial score (nSPS) is 25.0. The maximum Gasteiger partial charge on any atom is 0.411 e. The monoisotopic (exact) mass is 1150 g/mol. The van der Waals surface area contributed by atoms with E-state index >= 15 is 0 Å². The van der Waals surface area contributed by atoms with E-state index in [-0.39, 0.29) is 81.4 Å². The lowest BCUT2D eigenvalue weighted by atomic mass is 9.72. The van der Waals surface area contributed by atoms with Crippen molar-refractivity contribution in [2.45, 2.75) is 81.3 Å². The van der Waals surface area contributed by atoms with Gasteiger partial charge in [-0.2, -0.15) is 26.3 Å². The van der Waals surface area contributed by atoms with Crippen molar-refractivity contribution in [3.8, 4) is 17.2 Å². The average Bonchev–Trinajstić information content (AvgIpc) is 2.40. The van der Waals surface area contributed by atoms with Crippen molar-refractivity contribution in [2.75, 3.05) is 7.05 Å². The molecule has 2 heterocycles. The SMILES string of the molecule is Cc1ccc(C(c2ccc(C3C(=O)C4=CCC(Oc5ccc6c(c5)C(=O)N(C5=CC=C(OC7=CC=C(C8C(=O)C9=CCC(OC%10=CC%11C(=O)N(C)C(=O)C%11C=C%10)C=C9C8=O)CC7)CC5)C6=O)C=C4C3=O)c(O)c2)(C(F)(F)F)C(F)(F)F)cc1O. The highest BCUT2D eigenvalue weighted by Crippen LogP contribution is 2.58. The summed E-state index contributed by atoms with van der Waals surface area (Å²) in [4.78, 5) is 110. The Labute approximate surface area is 473 Å². The fourth-order valence-corrected chi connectivity index (χ4v) is 12.4. The Morgan fingerprint density at radius 1 is 0.571 bits per heavy atom. The molecular formula is C63H46F6N2O13. The first-order chi connectivity index (χ1) is 39.9. The third kappa shape index (κ3) is 8.72. The van der Waals surface area contributed by atoms with Crippen LogP contribution in [0.25, 0.3) is 0 Å². The maximum absolute atomic E-state index is 14.9. The van der Waals surface area contributed by atoms with Crippen LogP contribution >= 0.6 is 0 Å². The van der Waals surface area contributed by atoms with E-state index in [4.69, 9.17) is 14.2 Å². The Balaban J connectivity index is 0.685. The zero-order valence-electron chi connectivity index (χ0n) is 44.3. The molecule has 7 aliphatic carbocycles. The molecule has 6 atom stereocenters. The van der Waals surface area contributed by atoms with E-state index in [2.05, 4.69) is 0 Å². The lowest BCUT2D eigenvalue weighted by molar-refractivity contribution is -0.288. The Morgan fingerprint density at radius 2 is 1.14 bits per heavy atom. The fraction of sp³-hybridized carbons (Fsp3) is 0.270. The fourth-order valence-electron chi connectivity index (χ4n) is 12.4. The lowest BCUT2D eigenvalue weighted by Crippen LogP contribution is -2.54. The number of hydrogen-bond donors (Lipinski definition) is 2. The molecule has 2 N–H and O–H groups in total. The molecule has 84 heavy (non-hydrogen) atoms. The number of aryl methyl sites for hydroxylation is 1. The summed E-state index contributed by atoms with van der Waals surface area (Å²) in [5.74, 6) is -8.72. The number of aromatic hydroxyl groups is 2. The van der Waals surface area contributed by atoms with Crippen LogP contribution in [-0.2, 0) is 43.7 Å². The minimum Gasteiger partial charge on any atom is -0.508 e. The molecule has 1 saturated heterocycles. The average molecular weight is 1150 g/mol. The van der Waals surface area contributed by atoms with Gasteiger partial charge in [-0.3, -0.25) is 43.3 Å². The van der Waals surface area contributed by atoms with Gasteiger partial charge in [0.05, 0.1) is 23.0 Å². The number of rotatable bonds is 11. The summed E-state index contributed by atoms with van der Waals surface area (Å²) in [6.45, 7) is 1.28. The van der Waals surface area contributed by atoms with Gasteiger partial charge in [0.15, 0.2) is 23.1 Å². The second-order valence-electron chi connectivity index (χ2n) is 21.7. The molecule has 3 aromatic carbocycles. The van der Waals surface area contributed by atoms with E-state index in [1.807, 2.05) is 0 Å². The Bertz CT molecular complexity index is 3900. The Morgan fingerprint density at radius 3 is 1.75 bits per heavy atom. The maximum atomic E-state index is 14.9. The first-order valence-electron chi connectivity index (χ1n) is 26.7. The molecule has 3 aromatic rings. The van der Waals surface area contributed by atoms with Gasteiger partial charge in [0, 0.05) is 66.3 Å². The highest BCUT2D eigenvalue weighted by molar-refractivity contribution is 6.33. The van der Waals surface area contributed by atoms with E-state index in [9.17, 15) is 74.9 Å². The summed E-state index contributed by atoms with van der Waals surface area (Å²) < 4.78 is 108. The number of ether oxygens (including phenoxy) is 3. The predicted molar refractivity (Wildman–Crippen MR) is 282 cm³/mol. The Hall–Kier alpha value is -9.40. The first-order valence-corrected chi connectivity index (χ1v) is 26.7. The summed E-state index contributed by atoms with van der Waals surface area (Å²) >= 11 is 0. The summed E-state index contributed by atoms with van der Waals surface area (Å²) in [5, 5.41) is 21.2. The topological polar surface area (TPSA) is 211 Å². The number of phenolic OH excluding ortho intramolecular Hbond substituents is 2. The number of phenols is 2. The molecule has 428 valence electrons. The number of halogens is 6. The van der Waals surface area contributed by atoms with Gasteiger partial charge in [-0.05, 0) is 109 Å². The molecule has 9 aliphatic rings. The van der Waals surface area contributed by atoms with Gasteiger partial charge in [-0.1, -0.05) is 54.1 Å². The van der Waals surface area contributed by atoms with E-state index in [1.54, 1.807) is 54.7 Å². The minimum absolute atomic E-state index is 0.00358. The van der Waals surface area contributed by atoms with Gasteiger partial charge in [-0.25, -0.2) is 4.90 Å². The standard InChI is InChI=1S/C63H46F6N2O13/c1-29-3-6-31(23-49(29)72)61(62(64,65)66,63(67,68)69)32-7-18-44(50(73)24-32)52-54(75)41-20-15-37(26-46(41)56(52)77)84-39-17-22-43-48(28-39)60(81)71(59(43)80)33-8-12-35(13-9-33)82-34-10-4-30(5-11-34)51-53(74)40-19-14-36(25-45(40)55(51)76)83-38-16-21-42-47(27-38)58(79)70(2)57(42)78/h3-4,6-8,10,12,16-28,36-37,42,47,51-52,72-73H,5,9,11,13-15H2,1-2H3. The number of hydrogen-bond acceptors (Lipinski definition) is 13. The largest absolute Gasteiger partial charge is 0.508 e. The van der Waals surface area contributed by atoms with E-state index in [0.717, 1.165) is 15.9 Å². The van der Waals surface area contributed by atoms with Crippen LogP contribution in [0.3, 0.4) is 0 Å². The number of amides is 4. The van der Waals surface area contributed by atoms with Crippen LogP contribution < -0.4 is 4.74 Å². The van der Waals surface area contributed by atoms with Crippen LogP contribution in [-0.4, -0.2) is 98.4 Å². The molecule has 15 nitrogen and oxygen atoms in total. The van der Waals surface area contributed by atoms with E-state index < -0.39 is 105 Å². The second kappa shape index (κ2) is 19.9. The number of alkyl halides is 6. The number of ketones is 4. The minimum atomic E-state index is -6.06. The number of carbonyl (C=O) groups is 8. The zero-order valence-corrected chi connectivity index (χ0v) is 44.3. The molecule has 0 bridgehead atoms. The van der Waals surface area contributed by atoms with Crippen molar-refractivity contribution in [2.24, 2.45) is 17.8 Å². The highest BCUT2D eigenvalue weighted by Gasteiger charge is 2.73. The Kier molecular flexibility index (Phi) is 13.1. The van der Waals surface area contributed by atoms with Crippen LogP contribution in [0.2, 0.25) is 0 Å². The zero-order chi connectivity index (χ0) is 59.6. The molecule has 3 fully saturated rings. The molecule has 4 amide bonds. The molecule has 0 radical (unpaired) electrons. The van der Waals surface area contributed by atoms with Crippen LogP contribution in [0.15, 0.2) is 172 Å². The predicted octanol–water partition coefficient (Wildman–Crippen LogP) is 9.63. The van der Waals surface area contributed by atoms with Crippen molar-refractivity contribution in [3.05, 3.63) is 206 Å². The number of carbonyl (C=O) groups excluding carboxylic acids is 8. The molecule has 0 spiro atoms. The van der Waals surface area contributed by atoms with Gasteiger partial charge >= 0.3 is 12.4 Å². The number of Topliss-reactive ketones (excluding diaryl/α,β-unsaturated/α-hetero) is 4. The number of nitrogens with zero attached hydrogens (tertiary/aromatic N) is 2. The molecule has 6 unspecified atom stereocenters. The summed E-state index contributed by atoms with van der Waals surface area (Å²) in [6, 6.07) is 7.30. The lowest BCUT2D eigenvalue weighted by Gasteiger charge is -2.38. The van der Waals surface area contributed by atoms with Crippen molar-refractivity contribution >= 4 is 46.8 Å². The van der Waals surface area contributed by atoms with Crippen LogP contribution in [0, 0.1) is 24.7 Å². The number of fused-ring (bicyclic) bond motifs is 4. The molecule has 2 aliphatic heterocycles. The van der Waals surface area contributed by atoms with Gasteiger partial charge in [0.25, 0.3) is 11.8 Å². The smallest absolute Gasteiger partial charge is 0.411 e. The van der Waals surface area contributed by atoms with Crippen molar-refractivity contribution in [1.82, 2.24) is 9.80 Å². The van der Waals surface area contributed by atoms with Gasteiger partial charge < -0.3 is 24.4 Å². The van der Waals surface area contributed by atoms with E-state index in [0.29, 0.717) is 84.1 Å². The first kappa shape index (κ1) is 55.2. The molecule has 21 heteroatoms. The summed E-state index contributed by atoms with van der Waals surface area (Å²) in [7, 11) is 1.44. The van der Waals surface area contributed by atoms with Crippen LogP contribution in [0.1, 0.15) is 87.4 Å². The number of imide groups is 2. The van der Waals surface area contributed by atoms with Crippen LogP contribution in [0.5, 0.6) is 17.2 Å². The van der Waals surface area contributed by atoms with Gasteiger partial charge in [-0.15, -0.1) is 0 Å². The quantitative estimate of drug-likeness (QED) is 0.104. The second-order valence-corrected chi connectivity index (χ2v) is 21.7. The number of benzene rings is 3. The number of allylic oxidation sites excluding steroid dienone is 13. The van der Waals surface area contributed by atoms with Gasteiger partial charge in [0.2, 0.25) is 17.2 Å². The highest BCUT2D eigenvalue weighted by atomic mass is 19.4.